The lowest BCUT2D eigenvalue weighted by atomic mass is 9.82. The Morgan fingerprint density at radius 1 is 1.07 bits per heavy atom. The number of methoxy groups -OCH3 is 1. The number of hydrogen-bond acceptors (Lipinski definition) is 10. The first-order chi connectivity index (χ1) is 25.7. The zero-order chi connectivity index (χ0) is 39.9. The molecule has 0 bridgehead atoms. The number of piperidine rings is 1. The molecule has 7 atom stereocenters. The van der Waals surface area contributed by atoms with E-state index in [9.17, 15) is 29.1 Å². The predicted molar refractivity (Wildman–Crippen MR) is 209 cm³/mol. The number of hydrogen-bond donors (Lipinski definition) is 2. The molecular formula is C41H62N4O8S. The Bertz CT molecular complexity index is 1520. The molecule has 1 fully saturated rings. The van der Waals surface area contributed by atoms with Gasteiger partial charge in [0.1, 0.15) is 10.7 Å². The van der Waals surface area contributed by atoms with Crippen molar-refractivity contribution in [1.29, 1.82) is 0 Å². The average molecular weight is 771 g/mol. The van der Waals surface area contributed by atoms with Gasteiger partial charge in [0.25, 0.3) is 5.91 Å². The summed E-state index contributed by atoms with van der Waals surface area (Å²) < 4.78 is 11.3. The van der Waals surface area contributed by atoms with Gasteiger partial charge in [0.2, 0.25) is 5.91 Å². The number of aromatic nitrogens is 1. The van der Waals surface area contributed by atoms with Crippen molar-refractivity contribution >= 4 is 40.9 Å². The van der Waals surface area contributed by atoms with Gasteiger partial charge < -0.3 is 24.8 Å². The molecule has 7 unspecified atom stereocenters. The van der Waals surface area contributed by atoms with Gasteiger partial charge >= 0.3 is 11.9 Å². The summed E-state index contributed by atoms with van der Waals surface area (Å²) in [5.74, 6) is -3.26. The molecule has 13 heteroatoms. The van der Waals surface area contributed by atoms with Crippen LogP contribution in [-0.2, 0) is 35.1 Å². The molecule has 300 valence electrons. The number of likely N-dealkylation sites (N-methyl/N-ethyl adjacent to an activating group) is 1. The zero-order valence-electron chi connectivity index (χ0n) is 33.4. The predicted octanol–water partition coefficient (Wildman–Crippen LogP) is 6.19. The fourth-order valence-corrected chi connectivity index (χ4v) is 8.13. The summed E-state index contributed by atoms with van der Waals surface area (Å²) in [6.07, 6.45) is 3.78. The van der Waals surface area contributed by atoms with E-state index in [0.717, 1.165) is 37.8 Å². The number of aliphatic carboxylic acids is 1. The van der Waals surface area contributed by atoms with E-state index in [4.69, 9.17) is 9.47 Å². The average Bonchev–Trinajstić information content (AvgIpc) is 3.63. The molecule has 2 amide bonds. The number of carbonyl (C=O) groups is 5. The number of rotatable bonds is 22. The van der Waals surface area contributed by atoms with E-state index in [2.05, 4.69) is 15.2 Å². The van der Waals surface area contributed by atoms with Crippen molar-refractivity contribution in [3.05, 3.63) is 52.0 Å². The second-order valence-corrected chi connectivity index (χ2v) is 16.1. The Balaban J connectivity index is 1.89. The zero-order valence-corrected chi connectivity index (χ0v) is 34.2. The number of carboxylic acid groups (broad SMARTS) is 1. The largest absolute Gasteiger partial charge is 0.481 e. The van der Waals surface area contributed by atoms with Gasteiger partial charge in [-0.15, -0.1) is 11.3 Å². The lowest BCUT2D eigenvalue weighted by Crippen LogP contribution is -2.50. The summed E-state index contributed by atoms with van der Waals surface area (Å²) in [7, 11) is 3.56. The Hall–Kier alpha value is -3.68. The molecule has 12 nitrogen and oxygen atoms in total. The van der Waals surface area contributed by atoms with Crippen molar-refractivity contribution < 1.29 is 38.6 Å². The standard InChI is InChI=1S/C41H62N4O8S/c1-9-27(4)32(23-36(47)34-17-13-14-18-44(34)7)40(49)45(19-20-52-8)35(26(2)3)24-37(53-29(6)46)39-43-33(25-54-39)38(48)42-31(21-28(5)41(50)51)22-30-15-11-10-12-16-30/h10-12,15-16,25-28,31-32,34-35,37H,9,13-14,17-24H2,1-8H3,(H,42,48)(H,50,51). The van der Waals surface area contributed by atoms with Crippen molar-refractivity contribution in [2.24, 2.45) is 23.7 Å². The smallest absolute Gasteiger partial charge is 0.306 e. The van der Waals surface area contributed by atoms with Gasteiger partial charge in [0.15, 0.2) is 11.9 Å². The van der Waals surface area contributed by atoms with Crippen molar-refractivity contribution in [2.75, 3.05) is 33.9 Å². The topological polar surface area (TPSA) is 155 Å². The third-order valence-corrected chi connectivity index (χ3v) is 11.7. The number of Topliss-reactive ketones (excluding diaryl/α,β-unsaturated/α-hetero) is 1. The van der Waals surface area contributed by atoms with Gasteiger partial charge in [0.05, 0.1) is 18.6 Å². The maximum atomic E-state index is 14.7. The molecule has 2 aromatic rings. The number of nitrogens with zero attached hydrogens (tertiary/aromatic N) is 3. The normalized spacial score (nSPS) is 18.2. The van der Waals surface area contributed by atoms with Crippen LogP contribution in [0.25, 0.3) is 0 Å². The summed E-state index contributed by atoms with van der Waals surface area (Å²) in [4.78, 5) is 74.7. The van der Waals surface area contributed by atoms with Gasteiger partial charge in [0, 0.05) is 56.8 Å². The van der Waals surface area contributed by atoms with Crippen molar-refractivity contribution in [3.8, 4) is 0 Å². The van der Waals surface area contributed by atoms with Crippen molar-refractivity contribution in [3.63, 3.8) is 0 Å². The highest BCUT2D eigenvalue weighted by Gasteiger charge is 2.39. The minimum Gasteiger partial charge on any atom is -0.481 e. The van der Waals surface area contributed by atoms with Crippen LogP contribution in [0.5, 0.6) is 0 Å². The van der Waals surface area contributed by atoms with E-state index in [1.165, 1.54) is 18.3 Å². The van der Waals surface area contributed by atoms with Crippen LogP contribution in [0.4, 0.5) is 0 Å². The number of likely N-dealkylation sites (tertiary alicyclic amines) is 1. The van der Waals surface area contributed by atoms with Crippen LogP contribution in [-0.4, -0.2) is 101 Å². The molecular weight excluding hydrogens is 709 g/mol. The number of nitrogens with one attached hydrogen (secondary N) is 1. The monoisotopic (exact) mass is 770 g/mol. The van der Waals surface area contributed by atoms with E-state index >= 15 is 0 Å². The van der Waals surface area contributed by atoms with Gasteiger partial charge in [-0.05, 0) is 56.7 Å². The summed E-state index contributed by atoms with van der Waals surface area (Å²) in [5.41, 5.74) is 1.09. The molecule has 1 aromatic heterocycles. The fourth-order valence-electron chi connectivity index (χ4n) is 7.29. The first-order valence-electron chi connectivity index (χ1n) is 19.4. The molecule has 0 saturated carbocycles. The number of carbonyl (C=O) groups excluding carboxylic acids is 4. The molecule has 1 aliphatic rings. The minimum atomic E-state index is -0.945. The highest BCUT2D eigenvalue weighted by molar-refractivity contribution is 7.09. The number of amides is 2. The van der Waals surface area contributed by atoms with Crippen LogP contribution in [0, 0.1) is 23.7 Å². The van der Waals surface area contributed by atoms with Crippen LogP contribution in [0.15, 0.2) is 35.7 Å². The Kier molecular flexibility index (Phi) is 18.2. The summed E-state index contributed by atoms with van der Waals surface area (Å²) in [6, 6.07) is 8.48. The number of carboxylic acids is 1. The van der Waals surface area contributed by atoms with Gasteiger partial charge in [-0.1, -0.05) is 77.8 Å². The number of ether oxygens (including phenoxy) is 2. The Morgan fingerprint density at radius 2 is 1.78 bits per heavy atom. The Labute approximate surface area is 325 Å². The molecule has 0 radical (unpaired) electrons. The molecule has 1 saturated heterocycles. The highest BCUT2D eigenvalue weighted by Crippen LogP contribution is 2.33. The minimum absolute atomic E-state index is 0.0401. The first kappa shape index (κ1) is 44.7. The van der Waals surface area contributed by atoms with Gasteiger partial charge in [-0.2, -0.15) is 0 Å². The lowest BCUT2D eigenvalue weighted by Gasteiger charge is -2.39. The molecule has 2 heterocycles. The summed E-state index contributed by atoms with van der Waals surface area (Å²) in [6.45, 7) is 12.4. The molecule has 54 heavy (non-hydrogen) atoms. The third-order valence-electron chi connectivity index (χ3n) is 10.7. The quantitative estimate of drug-likeness (QED) is 0.132. The fraction of sp³-hybridized carbons (Fsp3) is 0.659. The van der Waals surface area contributed by atoms with E-state index in [-0.39, 0.29) is 61.1 Å². The highest BCUT2D eigenvalue weighted by atomic mass is 32.1. The lowest BCUT2D eigenvalue weighted by molar-refractivity contribution is -0.150. The third kappa shape index (κ3) is 13.3. The second-order valence-electron chi connectivity index (χ2n) is 15.2. The van der Waals surface area contributed by atoms with Crippen LogP contribution >= 0.6 is 11.3 Å². The van der Waals surface area contributed by atoms with Gasteiger partial charge in [-0.3, -0.25) is 28.9 Å². The summed E-state index contributed by atoms with van der Waals surface area (Å²) >= 11 is 1.19. The van der Waals surface area contributed by atoms with E-state index in [1.807, 2.05) is 65.1 Å². The number of esters is 1. The Morgan fingerprint density at radius 3 is 2.37 bits per heavy atom. The van der Waals surface area contributed by atoms with Crippen LogP contribution in [0.1, 0.15) is 114 Å². The first-order valence-corrected chi connectivity index (χ1v) is 20.3. The van der Waals surface area contributed by atoms with E-state index < -0.39 is 47.9 Å². The van der Waals surface area contributed by atoms with Crippen LogP contribution < -0.4 is 5.32 Å². The van der Waals surface area contributed by atoms with Crippen LogP contribution in [0.2, 0.25) is 0 Å². The number of benzene rings is 1. The molecule has 1 aliphatic heterocycles. The van der Waals surface area contributed by atoms with Crippen LogP contribution in [0.3, 0.4) is 0 Å². The molecule has 2 N–H and O–H groups in total. The SMILES string of the molecule is CCC(C)C(CC(=O)C1CCCCN1C)C(=O)N(CCOC)C(CC(OC(C)=O)c1nc(C(=O)NC(Cc2ccccc2)CC(C)C(=O)O)cs1)C(C)C. The second kappa shape index (κ2) is 22.0. The van der Waals surface area contributed by atoms with Crippen molar-refractivity contribution in [1.82, 2.24) is 20.1 Å². The molecule has 3 rings (SSSR count). The maximum absolute atomic E-state index is 14.7. The summed E-state index contributed by atoms with van der Waals surface area (Å²) in [5, 5.41) is 14.6. The molecule has 0 aliphatic carbocycles. The number of ketones is 1. The molecule has 0 spiro atoms. The maximum Gasteiger partial charge on any atom is 0.306 e. The van der Waals surface area contributed by atoms with E-state index in [1.54, 1.807) is 24.3 Å². The molecule has 1 aromatic carbocycles. The van der Waals surface area contributed by atoms with Gasteiger partial charge in [-0.25, -0.2) is 4.98 Å². The number of thiazole rings is 1. The van der Waals surface area contributed by atoms with Crippen molar-refractivity contribution in [2.45, 2.75) is 117 Å². The van der Waals surface area contributed by atoms with E-state index in [0.29, 0.717) is 18.0 Å².